The third kappa shape index (κ3) is 5.16. The number of nitrogens with zero attached hydrogens (tertiary/aromatic N) is 3. The first-order valence-electron chi connectivity index (χ1n) is 9.59. The molecule has 1 aromatic heterocycles. The van der Waals surface area contributed by atoms with Crippen LogP contribution in [-0.2, 0) is 4.79 Å². The molecule has 2 N–H and O–H groups in total. The Balaban J connectivity index is 0.000000219. The first-order chi connectivity index (χ1) is 12.2. The number of nitrogens with one attached hydrogen (secondary N) is 1. The van der Waals surface area contributed by atoms with Crippen LogP contribution in [0.3, 0.4) is 0 Å². The summed E-state index contributed by atoms with van der Waals surface area (Å²) in [4.78, 5) is 20.7. The van der Waals surface area contributed by atoms with Crippen LogP contribution in [0.15, 0.2) is 24.5 Å². The van der Waals surface area contributed by atoms with Gasteiger partial charge >= 0.3 is 0 Å². The molecule has 0 aromatic carbocycles. The van der Waals surface area contributed by atoms with Crippen LogP contribution in [0.4, 0.5) is 0 Å². The number of carbonyl (C=O) groups is 1. The first kappa shape index (κ1) is 18.1. The van der Waals surface area contributed by atoms with Gasteiger partial charge in [-0.15, -0.1) is 0 Å². The summed E-state index contributed by atoms with van der Waals surface area (Å²) in [6, 6.07) is 4.19. The zero-order valence-electron chi connectivity index (χ0n) is 14.9. The smallest absolute Gasteiger partial charge is 0.239 e. The Morgan fingerprint density at radius 2 is 2.00 bits per heavy atom. The molecule has 2 aliphatic heterocycles. The number of pyridine rings is 1. The normalized spacial score (nSPS) is 24.8. The van der Waals surface area contributed by atoms with Crippen molar-refractivity contribution in [2.45, 2.75) is 50.6 Å². The number of rotatable bonds is 2. The van der Waals surface area contributed by atoms with Gasteiger partial charge in [0.2, 0.25) is 5.91 Å². The van der Waals surface area contributed by atoms with E-state index in [9.17, 15) is 4.79 Å². The number of hydrogen-bond donors (Lipinski definition) is 2. The molecule has 3 heterocycles. The molecule has 0 unspecified atom stereocenters. The summed E-state index contributed by atoms with van der Waals surface area (Å²) in [6.07, 6.45) is 10.5. The van der Waals surface area contributed by atoms with E-state index in [4.69, 9.17) is 5.11 Å². The van der Waals surface area contributed by atoms with Gasteiger partial charge in [0, 0.05) is 38.4 Å². The summed E-state index contributed by atoms with van der Waals surface area (Å²) in [7, 11) is 0. The Bertz CT molecular complexity index is 529. The molecule has 0 spiro atoms. The maximum atomic E-state index is 12.4. The third-order valence-corrected chi connectivity index (χ3v) is 5.44. The SMILES string of the molecule is O=C([C@H]1CCCN1)N1CCCN(C2CCC2)CC1.Oc1cccnc1. The van der Waals surface area contributed by atoms with Crippen LogP contribution in [-0.4, -0.2) is 70.6 Å². The van der Waals surface area contributed by atoms with Crippen molar-refractivity contribution in [3.05, 3.63) is 24.5 Å². The Morgan fingerprint density at radius 1 is 1.12 bits per heavy atom. The van der Waals surface area contributed by atoms with Crippen molar-refractivity contribution in [1.82, 2.24) is 20.1 Å². The second-order valence-electron chi connectivity index (χ2n) is 7.16. The Labute approximate surface area is 150 Å². The quantitative estimate of drug-likeness (QED) is 0.852. The van der Waals surface area contributed by atoms with E-state index in [0.29, 0.717) is 5.91 Å². The average Bonchev–Trinajstić information content (AvgIpc) is 3.01. The van der Waals surface area contributed by atoms with Crippen LogP contribution in [0.2, 0.25) is 0 Å². The van der Waals surface area contributed by atoms with Gasteiger partial charge in [-0.1, -0.05) is 6.42 Å². The fourth-order valence-electron chi connectivity index (χ4n) is 3.74. The standard InChI is InChI=1S/C14H25N3O.C5H5NO/c18-14(13-6-2-7-15-13)17-9-3-8-16(10-11-17)12-4-1-5-12;7-5-2-1-3-6-4-5/h12-13,15H,1-11H2;1-4,7H/t13-;/m1./s1. The molecule has 3 aliphatic rings. The summed E-state index contributed by atoms with van der Waals surface area (Å²) < 4.78 is 0. The molecule has 3 fully saturated rings. The molecule has 1 amide bonds. The highest BCUT2D eigenvalue weighted by Gasteiger charge is 2.30. The minimum atomic E-state index is 0.111. The molecule has 0 radical (unpaired) electrons. The lowest BCUT2D eigenvalue weighted by molar-refractivity contribution is -0.133. The maximum absolute atomic E-state index is 12.4. The van der Waals surface area contributed by atoms with E-state index in [1.165, 1.54) is 32.0 Å². The van der Waals surface area contributed by atoms with Gasteiger partial charge in [0.25, 0.3) is 0 Å². The van der Waals surface area contributed by atoms with E-state index in [-0.39, 0.29) is 11.8 Å². The predicted molar refractivity (Wildman–Crippen MR) is 97.3 cm³/mol. The summed E-state index contributed by atoms with van der Waals surface area (Å²) in [5, 5.41) is 11.9. The van der Waals surface area contributed by atoms with Crippen molar-refractivity contribution in [2.24, 2.45) is 0 Å². The van der Waals surface area contributed by atoms with Gasteiger partial charge in [-0.2, -0.15) is 0 Å². The molecule has 2 saturated heterocycles. The lowest BCUT2D eigenvalue weighted by Gasteiger charge is -2.36. The monoisotopic (exact) mass is 346 g/mol. The topological polar surface area (TPSA) is 68.7 Å². The average molecular weight is 346 g/mol. The number of amides is 1. The van der Waals surface area contributed by atoms with Crippen LogP contribution < -0.4 is 5.32 Å². The lowest BCUT2D eigenvalue weighted by Crippen LogP contribution is -2.46. The van der Waals surface area contributed by atoms with E-state index < -0.39 is 0 Å². The van der Waals surface area contributed by atoms with Gasteiger partial charge in [0.1, 0.15) is 5.75 Å². The fourth-order valence-corrected chi connectivity index (χ4v) is 3.74. The Morgan fingerprint density at radius 3 is 2.56 bits per heavy atom. The van der Waals surface area contributed by atoms with Crippen LogP contribution in [0, 0.1) is 0 Å². The van der Waals surface area contributed by atoms with Crippen molar-refractivity contribution < 1.29 is 9.90 Å². The van der Waals surface area contributed by atoms with E-state index in [2.05, 4.69) is 20.1 Å². The molecule has 6 heteroatoms. The van der Waals surface area contributed by atoms with E-state index >= 15 is 0 Å². The zero-order chi connectivity index (χ0) is 17.5. The zero-order valence-corrected chi connectivity index (χ0v) is 14.9. The van der Waals surface area contributed by atoms with Gasteiger partial charge in [-0.05, 0) is 50.8 Å². The van der Waals surface area contributed by atoms with E-state index in [1.807, 2.05) is 0 Å². The number of carbonyl (C=O) groups excluding carboxylic acids is 1. The van der Waals surface area contributed by atoms with Crippen molar-refractivity contribution in [3.63, 3.8) is 0 Å². The molecule has 1 atom stereocenters. The molecule has 138 valence electrons. The first-order valence-corrected chi connectivity index (χ1v) is 9.59. The summed E-state index contributed by atoms with van der Waals surface area (Å²) >= 11 is 0. The van der Waals surface area contributed by atoms with Crippen molar-refractivity contribution in [3.8, 4) is 5.75 Å². The minimum absolute atomic E-state index is 0.111. The van der Waals surface area contributed by atoms with E-state index in [0.717, 1.165) is 51.5 Å². The molecule has 0 bridgehead atoms. The highest BCUT2D eigenvalue weighted by atomic mass is 16.3. The number of hydrogen-bond acceptors (Lipinski definition) is 5. The van der Waals surface area contributed by atoms with Gasteiger partial charge in [-0.25, -0.2) is 0 Å². The molecular formula is C19H30N4O2. The van der Waals surface area contributed by atoms with Crippen molar-refractivity contribution in [1.29, 1.82) is 0 Å². The molecule has 1 saturated carbocycles. The molecule has 1 aromatic rings. The number of aromatic nitrogens is 1. The predicted octanol–water partition coefficient (Wildman–Crippen LogP) is 1.61. The number of aromatic hydroxyl groups is 1. The van der Waals surface area contributed by atoms with Gasteiger partial charge in [-0.3, -0.25) is 14.7 Å². The van der Waals surface area contributed by atoms with E-state index in [1.54, 1.807) is 18.3 Å². The maximum Gasteiger partial charge on any atom is 0.239 e. The second kappa shape index (κ2) is 9.15. The van der Waals surface area contributed by atoms with Crippen LogP contribution in [0.25, 0.3) is 0 Å². The fraction of sp³-hybridized carbons (Fsp3) is 0.684. The Kier molecular flexibility index (Phi) is 6.64. The second-order valence-corrected chi connectivity index (χ2v) is 7.16. The van der Waals surface area contributed by atoms with Crippen LogP contribution in [0.5, 0.6) is 5.75 Å². The molecule has 6 nitrogen and oxygen atoms in total. The van der Waals surface area contributed by atoms with Gasteiger partial charge in [0.05, 0.1) is 12.2 Å². The molecule has 25 heavy (non-hydrogen) atoms. The Hall–Kier alpha value is -1.66. The van der Waals surface area contributed by atoms with Gasteiger partial charge in [0.15, 0.2) is 0 Å². The molecule has 1 aliphatic carbocycles. The molecular weight excluding hydrogens is 316 g/mol. The third-order valence-electron chi connectivity index (χ3n) is 5.44. The minimum Gasteiger partial charge on any atom is -0.506 e. The van der Waals surface area contributed by atoms with Crippen molar-refractivity contribution in [2.75, 3.05) is 32.7 Å². The van der Waals surface area contributed by atoms with Crippen molar-refractivity contribution >= 4 is 5.91 Å². The lowest BCUT2D eigenvalue weighted by atomic mass is 9.91. The summed E-state index contributed by atoms with van der Waals surface area (Å²) in [5.74, 6) is 0.561. The highest BCUT2D eigenvalue weighted by Crippen LogP contribution is 2.25. The largest absolute Gasteiger partial charge is 0.506 e. The van der Waals surface area contributed by atoms with Crippen LogP contribution >= 0.6 is 0 Å². The summed E-state index contributed by atoms with van der Waals surface area (Å²) in [5.41, 5.74) is 0. The van der Waals surface area contributed by atoms with Crippen LogP contribution in [0.1, 0.15) is 38.5 Å². The van der Waals surface area contributed by atoms with Gasteiger partial charge < -0.3 is 15.3 Å². The highest BCUT2D eigenvalue weighted by molar-refractivity contribution is 5.82. The molecule has 4 rings (SSSR count). The summed E-state index contributed by atoms with van der Waals surface area (Å²) in [6.45, 7) is 5.18.